The monoisotopic (exact) mass is 762 g/mol. The Balaban J connectivity index is 0.000000201. The second-order valence-electron chi connectivity index (χ2n) is 15.5. The zero-order valence-electron chi connectivity index (χ0n) is 30.3. The number of hydrogen-bond acceptors (Lipinski definition) is 6. The van der Waals surface area contributed by atoms with Crippen LogP contribution in [0.1, 0.15) is 86.9 Å². The van der Waals surface area contributed by atoms with E-state index in [1.165, 1.54) is 36.4 Å². The molecule has 4 aliphatic rings. The maximum absolute atomic E-state index is 13.4. The van der Waals surface area contributed by atoms with E-state index in [1.54, 1.807) is 0 Å². The minimum absolute atomic E-state index is 0.0552. The van der Waals surface area contributed by atoms with Gasteiger partial charge in [-0.25, -0.2) is 8.78 Å². The maximum atomic E-state index is 13.4. The number of rotatable bonds is 10. The van der Waals surface area contributed by atoms with Crippen LogP contribution in [0.4, 0.5) is 8.78 Å². The van der Waals surface area contributed by atoms with Gasteiger partial charge in [-0.15, -0.1) is 0 Å². The van der Waals surface area contributed by atoms with E-state index < -0.39 is 11.6 Å². The number of carbonyl (C=O) groups excluding carboxylic acids is 4. The van der Waals surface area contributed by atoms with Crippen LogP contribution in [0.25, 0.3) is 0 Å². The van der Waals surface area contributed by atoms with Crippen molar-refractivity contribution in [2.75, 3.05) is 39.3 Å². The van der Waals surface area contributed by atoms with Gasteiger partial charge < -0.3 is 21.3 Å². The molecule has 2 atom stereocenters. The molecule has 4 amide bonds. The Labute approximate surface area is 314 Å². The second kappa shape index (κ2) is 16.8. The molecule has 0 radical (unpaired) electrons. The molecule has 2 aromatic carbocycles. The lowest BCUT2D eigenvalue weighted by Gasteiger charge is -2.32. The summed E-state index contributed by atoms with van der Waals surface area (Å²) in [5, 5.41) is 12.3. The van der Waals surface area contributed by atoms with Gasteiger partial charge in [0.25, 0.3) is 11.8 Å². The van der Waals surface area contributed by atoms with Crippen LogP contribution in [0.3, 0.4) is 0 Å². The van der Waals surface area contributed by atoms with Gasteiger partial charge >= 0.3 is 0 Å². The number of hydrogen-bond donors (Lipinski definition) is 4. The molecule has 14 heteroatoms. The number of nitrogens with zero attached hydrogens (tertiary/aromatic N) is 2. The molecule has 52 heavy (non-hydrogen) atoms. The summed E-state index contributed by atoms with van der Waals surface area (Å²) in [5.74, 6) is -1.49. The molecule has 2 saturated carbocycles. The third-order valence-corrected chi connectivity index (χ3v) is 11.0. The summed E-state index contributed by atoms with van der Waals surface area (Å²) in [5.41, 5.74) is 0.745. The smallest absolute Gasteiger partial charge is 0.251 e. The molecular weight excluding hydrogens is 713 g/mol. The highest BCUT2D eigenvalue weighted by atomic mass is 35.5. The zero-order chi connectivity index (χ0) is 37.8. The first-order valence-corrected chi connectivity index (χ1v) is 18.9. The molecule has 2 aliphatic heterocycles. The van der Waals surface area contributed by atoms with Crippen molar-refractivity contribution >= 4 is 46.8 Å². The number of nitrogens with one attached hydrogen (secondary N) is 4. The lowest BCUT2D eigenvalue weighted by Crippen LogP contribution is -2.44. The third kappa shape index (κ3) is 10.9. The Morgan fingerprint density at radius 1 is 0.654 bits per heavy atom. The molecule has 4 N–H and O–H groups in total. The summed E-state index contributed by atoms with van der Waals surface area (Å²) in [6, 6.07) is 8.25. The maximum Gasteiger partial charge on any atom is 0.251 e. The minimum atomic E-state index is -0.513. The van der Waals surface area contributed by atoms with E-state index in [-0.39, 0.29) is 79.8 Å². The number of benzene rings is 2. The molecule has 1 unspecified atom stereocenters. The first-order valence-electron chi connectivity index (χ1n) is 18.1. The Bertz CT molecular complexity index is 1480. The Morgan fingerprint density at radius 3 is 1.31 bits per heavy atom. The number of carbonyl (C=O) groups is 4. The van der Waals surface area contributed by atoms with Gasteiger partial charge in [-0.05, 0) is 140 Å². The van der Waals surface area contributed by atoms with E-state index >= 15 is 0 Å². The predicted molar refractivity (Wildman–Crippen MR) is 197 cm³/mol. The number of piperidine rings is 2. The van der Waals surface area contributed by atoms with Crippen LogP contribution in [0.2, 0.25) is 10.0 Å². The fraction of sp³-hybridized carbons (Fsp3) is 0.579. The molecule has 6 rings (SSSR count). The standard InChI is InChI=1S/2C19H25ClFN3O2/c2*1-12(2)22-17(25)11-24-5-3-19(4-6-24)10-16(19)23-18(26)13-7-14(20)9-15(21)8-13/h2*7-9,12,16H,3-6,10-11H2,1-2H3,(H,22,25)(H,23,26)/t16-;/m1./s1. The molecule has 0 bridgehead atoms. The molecule has 10 nitrogen and oxygen atoms in total. The normalized spacial score (nSPS) is 21.7. The summed E-state index contributed by atoms with van der Waals surface area (Å²) in [6.45, 7) is 12.1. The highest BCUT2D eigenvalue weighted by Gasteiger charge is 2.56. The highest BCUT2D eigenvalue weighted by Crippen LogP contribution is 2.54. The van der Waals surface area contributed by atoms with Gasteiger partial charge in [0, 0.05) is 45.3 Å². The van der Waals surface area contributed by atoms with Crippen LogP contribution >= 0.6 is 23.2 Å². The van der Waals surface area contributed by atoms with E-state index in [1.807, 2.05) is 27.7 Å². The van der Waals surface area contributed by atoms with Crippen molar-refractivity contribution in [1.29, 1.82) is 0 Å². The summed E-state index contributed by atoms with van der Waals surface area (Å²) in [6.07, 6.45) is 5.70. The summed E-state index contributed by atoms with van der Waals surface area (Å²) in [7, 11) is 0. The van der Waals surface area contributed by atoms with Gasteiger partial charge in [-0.1, -0.05) is 23.2 Å². The first kappa shape index (κ1) is 39.9. The minimum Gasteiger partial charge on any atom is -0.353 e. The number of amides is 4. The highest BCUT2D eigenvalue weighted by molar-refractivity contribution is 6.31. The topological polar surface area (TPSA) is 123 Å². The third-order valence-electron chi connectivity index (χ3n) is 10.6. The number of likely N-dealkylation sites (tertiary alicyclic amines) is 2. The van der Waals surface area contributed by atoms with Crippen LogP contribution in [-0.4, -0.2) is 96.9 Å². The van der Waals surface area contributed by atoms with Crippen molar-refractivity contribution in [2.24, 2.45) is 10.8 Å². The molecule has 2 saturated heterocycles. The van der Waals surface area contributed by atoms with Crippen molar-refractivity contribution in [3.8, 4) is 0 Å². The summed E-state index contributed by atoms with van der Waals surface area (Å²) < 4.78 is 26.8. The molecule has 284 valence electrons. The average Bonchev–Trinajstić information content (AvgIpc) is 3.92. The van der Waals surface area contributed by atoms with Gasteiger partial charge in [0.15, 0.2) is 0 Å². The van der Waals surface area contributed by atoms with E-state index in [4.69, 9.17) is 23.2 Å². The Hall–Kier alpha value is -3.32. The largest absolute Gasteiger partial charge is 0.353 e. The van der Waals surface area contributed by atoms with Gasteiger partial charge in [0.05, 0.1) is 13.1 Å². The quantitative estimate of drug-likeness (QED) is 0.265. The SMILES string of the molecule is CC(C)NC(=O)CN1CCC2(CC1)CC2NC(=O)c1cc(F)cc(Cl)c1.CC(C)NC(=O)CN1CCC2(CC1)C[C@H]2NC(=O)c1cc(F)cc(Cl)c1. The molecule has 0 aromatic heterocycles. The van der Waals surface area contributed by atoms with Crippen molar-refractivity contribution in [3.05, 3.63) is 69.2 Å². The van der Waals surface area contributed by atoms with Crippen LogP contribution in [0.5, 0.6) is 0 Å². The molecule has 2 spiro atoms. The molecular formula is C38H50Cl2F2N6O4. The zero-order valence-corrected chi connectivity index (χ0v) is 31.8. The molecule has 2 heterocycles. The van der Waals surface area contributed by atoms with Crippen molar-refractivity contribution < 1.29 is 28.0 Å². The fourth-order valence-corrected chi connectivity index (χ4v) is 7.96. The van der Waals surface area contributed by atoms with Gasteiger partial charge in [0.2, 0.25) is 11.8 Å². The Morgan fingerprint density at radius 2 is 1.00 bits per heavy atom. The van der Waals surface area contributed by atoms with E-state index in [0.717, 1.165) is 64.7 Å². The van der Waals surface area contributed by atoms with Gasteiger partial charge in [-0.2, -0.15) is 0 Å². The predicted octanol–water partition coefficient (Wildman–Crippen LogP) is 5.18. The van der Waals surface area contributed by atoms with Gasteiger partial charge in [0.1, 0.15) is 11.6 Å². The van der Waals surface area contributed by atoms with E-state index in [9.17, 15) is 28.0 Å². The lowest BCUT2D eigenvalue weighted by molar-refractivity contribution is -0.124. The second-order valence-corrected chi connectivity index (χ2v) is 16.4. The van der Waals surface area contributed by atoms with E-state index in [0.29, 0.717) is 13.1 Å². The van der Waals surface area contributed by atoms with Crippen molar-refractivity contribution in [3.63, 3.8) is 0 Å². The summed E-state index contributed by atoms with van der Waals surface area (Å²) in [4.78, 5) is 52.7. The molecule has 2 aromatic rings. The first-order chi connectivity index (χ1) is 24.5. The summed E-state index contributed by atoms with van der Waals surface area (Å²) >= 11 is 11.6. The molecule has 4 fully saturated rings. The average molecular weight is 764 g/mol. The van der Waals surface area contributed by atoms with Crippen LogP contribution in [0, 0.1) is 22.5 Å². The van der Waals surface area contributed by atoms with Crippen LogP contribution in [0.15, 0.2) is 36.4 Å². The van der Waals surface area contributed by atoms with Crippen LogP contribution < -0.4 is 21.3 Å². The molecule has 2 aliphatic carbocycles. The fourth-order valence-electron chi connectivity index (χ4n) is 7.52. The van der Waals surface area contributed by atoms with Crippen molar-refractivity contribution in [2.45, 2.75) is 90.4 Å². The van der Waals surface area contributed by atoms with Gasteiger partial charge in [-0.3, -0.25) is 29.0 Å². The lowest BCUT2D eigenvalue weighted by atomic mass is 9.92. The number of halogens is 4. The van der Waals surface area contributed by atoms with E-state index in [2.05, 4.69) is 31.1 Å². The Kier molecular flexibility index (Phi) is 12.9. The van der Waals surface area contributed by atoms with Crippen molar-refractivity contribution in [1.82, 2.24) is 31.1 Å². The van der Waals surface area contributed by atoms with Crippen LogP contribution in [-0.2, 0) is 9.59 Å².